The van der Waals surface area contributed by atoms with Crippen LogP contribution >= 0.6 is 0 Å². The van der Waals surface area contributed by atoms with E-state index < -0.39 is 0 Å². The number of rotatable bonds is 11. The summed E-state index contributed by atoms with van der Waals surface area (Å²) in [6, 6.07) is 5.83. The molecule has 0 bridgehead atoms. The number of methoxy groups -OCH3 is 1. The lowest BCUT2D eigenvalue weighted by Gasteiger charge is -2.13. The quantitative estimate of drug-likeness (QED) is 0.312. The van der Waals surface area contributed by atoms with Crippen molar-refractivity contribution in [3.63, 3.8) is 0 Å². The lowest BCUT2D eigenvalue weighted by molar-refractivity contribution is 0.0599. The number of benzene rings is 1. The van der Waals surface area contributed by atoms with Crippen LogP contribution in [0.2, 0.25) is 0 Å². The summed E-state index contributed by atoms with van der Waals surface area (Å²) < 4.78 is 10.3. The first kappa shape index (κ1) is 19.3. The number of unbranched alkanes of at least 4 members (excludes halogenated alkanes) is 5. The highest BCUT2D eigenvalue weighted by Crippen LogP contribution is 2.23. The van der Waals surface area contributed by atoms with Crippen LogP contribution in [0, 0.1) is 0 Å². The van der Waals surface area contributed by atoms with Crippen LogP contribution in [-0.4, -0.2) is 19.7 Å². The minimum atomic E-state index is -0.355. The molecular weight excluding hydrogens is 288 g/mol. The second-order valence-electron chi connectivity index (χ2n) is 5.75. The van der Waals surface area contributed by atoms with Gasteiger partial charge in [-0.05, 0) is 37.5 Å². The largest absolute Gasteiger partial charge is 0.494 e. The zero-order valence-electron chi connectivity index (χ0n) is 14.8. The second kappa shape index (κ2) is 10.9. The summed E-state index contributed by atoms with van der Waals surface area (Å²) in [6.45, 7) is 8.60. The molecule has 3 nitrogen and oxygen atoms in total. The SMILES string of the molecule is C=C(OCC)c1cc(CCCCCCCC)ccc1C(=O)OC. The Balaban J connectivity index is 2.73. The Bertz CT molecular complexity index is 506. The van der Waals surface area contributed by atoms with Crippen LogP contribution in [0.1, 0.15) is 73.9 Å². The molecule has 128 valence electrons. The lowest BCUT2D eigenvalue weighted by Crippen LogP contribution is -2.07. The van der Waals surface area contributed by atoms with Crippen molar-refractivity contribution in [3.05, 3.63) is 41.5 Å². The topological polar surface area (TPSA) is 35.5 Å². The van der Waals surface area contributed by atoms with Gasteiger partial charge < -0.3 is 9.47 Å². The van der Waals surface area contributed by atoms with E-state index in [9.17, 15) is 4.79 Å². The van der Waals surface area contributed by atoms with Gasteiger partial charge in [0.15, 0.2) is 0 Å². The molecule has 0 aromatic heterocycles. The molecule has 0 radical (unpaired) electrons. The molecule has 0 saturated carbocycles. The molecule has 0 fully saturated rings. The Morgan fingerprint density at radius 2 is 1.74 bits per heavy atom. The van der Waals surface area contributed by atoms with Crippen LogP contribution < -0.4 is 0 Å². The van der Waals surface area contributed by atoms with E-state index in [1.807, 2.05) is 25.1 Å². The van der Waals surface area contributed by atoms with E-state index in [1.54, 1.807) is 0 Å². The molecule has 0 unspecified atom stereocenters. The van der Waals surface area contributed by atoms with Gasteiger partial charge in [0.2, 0.25) is 0 Å². The van der Waals surface area contributed by atoms with E-state index >= 15 is 0 Å². The number of esters is 1. The molecular formula is C20H30O3. The number of ether oxygens (including phenoxy) is 2. The predicted molar refractivity (Wildman–Crippen MR) is 95.5 cm³/mol. The smallest absolute Gasteiger partial charge is 0.338 e. The molecule has 1 rings (SSSR count). The van der Waals surface area contributed by atoms with E-state index in [0.717, 1.165) is 12.0 Å². The third-order valence-corrected chi connectivity index (χ3v) is 3.93. The molecule has 0 amide bonds. The van der Waals surface area contributed by atoms with Crippen molar-refractivity contribution in [2.75, 3.05) is 13.7 Å². The third kappa shape index (κ3) is 6.47. The minimum Gasteiger partial charge on any atom is -0.494 e. The molecule has 0 spiro atoms. The fourth-order valence-corrected chi connectivity index (χ4v) is 2.63. The van der Waals surface area contributed by atoms with Crippen LogP contribution in [0.5, 0.6) is 0 Å². The monoisotopic (exact) mass is 318 g/mol. The molecule has 3 heteroatoms. The third-order valence-electron chi connectivity index (χ3n) is 3.93. The predicted octanol–water partition coefficient (Wildman–Crippen LogP) is 5.38. The fourth-order valence-electron chi connectivity index (χ4n) is 2.63. The van der Waals surface area contributed by atoms with Crippen molar-refractivity contribution in [2.45, 2.75) is 58.8 Å². The van der Waals surface area contributed by atoms with Gasteiger partial charge in [0.25, 0.3) is 0 Å². The van der Waals surface area contributed by atoms with Gasteiger partial charge in [0.05, 0.1) is 19.3 Å². The van der Waals surface area contributed by atoms with Crippen molar-refractivity contribution >= 4 is 11.7 Å². The highest BCUT2D eigenvalue weighted by molar-refractivity contribution is 5.94. The zero-order chi connectivity index (χ0) is 17.1. The molecule has 0 N–H and O–H groups in total. The van der Waals surface area contributed by atoms with Gasteiger partial charge in [-0.3, -0.25) is 0 Å². The number of hydrogen-bond acceptors (Lipinski definition) is 3. The van der Waals surface area contributed by atoms with Crippen molar-refractivity contribution in [3.8, 4) is 0 Å². The summed E-state index contributed by atoms with van der Waals surface area (Å²) in [4.78, 5) is 11.9. The Kier molecular flexibility index (Phi) is 9.11. The average molecular weight is 318 g/mol. The summed E-state index contributed by atoms with van der Waals surface area (Å²) in [7, 11) is 1.39. The van der Waals surface area contributed by atoms with E-state index in [2.05, 4.69) is 13.5 Å². The molecule has 0 saturated heterocycles. The standard InChI is InChI=1S/C20H30O3/c1-5-7-8-9-10-11-12-17-13-14-18(20(21)22-4)19(15-17)16(3)23-6-2/h13-15H,3,5-12H2,1-2,4H3. The maximum atomic E-state index is 11.9. The first-order valence-corrected chi connectivity index (χ1v) is 8.67. The van der Waals surface area contributed by atoms with Crippen LogP contribution in [0.3, 0.4) is 0 Å². The Hall–Kier alpha value is -1.77. The fraction of sp³-hybridized carbons (Fsp3) is 0.550. The molecule has 0 aliphatic carbocycles. The molecule has 0 heterocycles. The van der Waals surface area contributed by atoms with Gasteiger partial charge in [0.1, 0.15) is 5.76 Å². The number of carbonyl (C=O) groups is 1. The van der Waals surface area contributed by atoms with E-state index in [1.165, 1.54) is 51.2 Å². The Morgan fingerprint density at radius 1 is 1.04 bits per heavy atom. The van der Waals surface area contributed by atoms with E-state index in [-0.39, 0.29) is 5.97 Å². The summed E-state index contributed by atoms with van der Waals surface area (Å²) >= 11 is 0. The molecule has 23 heavy (non-hydrogen) atoms. The first-order chi connectivity index (χ1) is 11.1. The van der Waals surface area contributed by atoms with Gasteiger partial charge >= 0.3 is 5.97 Å². The maximum Gasteiger partial charge on any atom is 0.338 e. The Morgan fingerprint density at radius 3 is 2.39 bits per heavy atom. The van der Waals surface area contributed by atoms with Crippen LogP contribution in [-0.2, 0) is 15.9 Å². The molecule has 0 atom stereocenters. The van der Waals surface area contributed by atoms with E-state index in [0.29, 0.717) is 17.9 Å². The number of carbonyl (C=O) groups excluding carboxylic acids is 1. The Labute approximate surface area is 140 Å². The normalized spacial score (nSPS) is 10.4. The van der Waals surface area contributed by atoms with Crippen LogP contribution in [0.25, 0.3) is 5.76 Å². The van der Waals surface area contributed by atoms with Gasteiger partial charge in [0, 0.05) is 5.56 Å². The summed E-state index contributed by atoms with van der Waals surface area (Å²) in [6.07, 6.45) is 8.66. The number of hydrogen-bond donors (Lipinski definition) is 0. The zero-order valence-corrected chi connectivity index (χ0v) is 14.8. The van der Waals surface area contributed by atoms with Crippen LogP contribution in [0.4, 0.5) is 0 Å². The van der Waals surface area contributed by atoms with Gasteiger partial charge in [-0.1, -0.05) is 51.7 Å². The molecule has 0 aliphatic rings. The van der Waals surface area contributed by atoms with Gasteiger partial charge in [-0.25, -0.2) is 4.79 Å². The highest BCUT2D eigenvalue weighted by Gasteiger charge is 2.15. The lowest BCUT2D eigenvalue weighted by atomic mass is 9.98. The van der Waals surface area contributed by atoms with E-state index in [4.69, 9.17) is 9.47 Å². The average Bonchev–Trinajstić information content (AvgIpc) is 2.57. The molecule has 0 aliphatic heterocycles. The summed E-state index contributed by atoms with van der Waals surface area (Å²) in [5.41, 5.74) is 2.46. The number of aryl methyl sites for hydroxylation is 1. The van der Waals surface area contributed by atoms with Crippen molar-refractivity contribution in [1.29, 1.82) is 0 Å². The van der Waals surface area contributed by atoms with Gasteiger partial charge in [-0.2, -0.15) is 0 Å². The first-order valence-electron chi connectivity index (χ1n) is 8.67. The van der Waals surface area contributed by atoms with Crippen LogP contribution in [0.15, 0.2) is 24.8 Å². The van der Waals surface area contributed by atoms with Gasteiger partial charge in [-0.15, -0.1) is 0 Å². The highest BCUT2D eigenvalue weighted by atomic mass is 16.5. The summed E-state index contributed by atoms with van der Waals surface area (Å²) in [5, 5.41) is 0. The van der Waals surface area contributed by atoms with Crippen molar-refractivity contribution < 1.29 is 14.3 Å². The van der Waals surface area contributed by atoms with Crippen molar-refractivity contribution in [1.82, 2.24) is 0 Å². The summed E-state index contributed by atoms with van der Waals surface area (Å²) in [5.74, 6) is 0.171. The molecule has 1 aromatic rings. The van der Waals surface area contributed by atoms with Crippen molar-refractivity contribution in [2.24, 2.45) is 0 Å². The minimum absolute atomic E-state index is 0.355. The maximum absolute atomic E-state index is 11.9. The second-order valence-corrected chi connectivity index (χ2v) is 5.75. The molecule has 1 aromatic carbocycles.